The molecule has 0 aliphatic heterocycles. The lowest BCUT2D eigenvalue weighted by Crippen LogP contribution is -1.84. The monoisotopic (exact) mass is 124 g/mol. The largest absolute Gasteiger partial charge is 0.269 e. The molecule has 0 heterocycles. The molecule has 0 aliphatic rings. The fourth-order valence-electron chi connectivity index (χ4n) is 0.497. The van der Waals surface area contributed by atoms with Gasteiger partial charge in [0.05, 0.1) is 6.29 Å². The third kappa shape index (κ3) is 1.25. The van der Waals surface area contributed by atoms with Gasteiger partial charge in [0.2, 0.25) is 0 Å². The van der Waals surface area contributed by atoms with Crippen LogP contribution in [0, 0.1) is 10.1 Å². The number of para-hydroxylation sites is 1. The number of hydrogen-bond acceptors (Lipinski definition) is 2. The van der Waals surface area contributed by atoms with E-state index in [0.717, 1.165) is 0 Å². The number of rotatable bonds is 1. The minimum absolute atomic E-state index is 0.0486. The van der Waals surface area contributed by atoms with E-state index in [-0.39, 0.29) is 11.7 Å². The molecule has 3 nitrogen and oxygen atoms in total. The Morgan fingerprint density at radius 2 is 2.33 bits per heavy atom. The second-order valence-electron chi connectivity index (χ2n) is 1.50. The molecule has 0 bridgehead atoms. The van der Waals surface area contributed by atoms with Gasteiger partial charge in [0, 0.05) is 12.1 Å². The Kier molecular flexibility index (Phi) is 1.13. The van der Waals surface area contributed by atoms with Crippen molar-refractivity contribution in [1.29, 1.82) is 0 Å². The average molecular weight is 124 g/mol. The highest BCUT2D eigenvalue weighted by Crippen LogP contribution is 2.06. The van der Waals surface area contributed by atoms with Crippen molar-refractivity contribution in [2.24, 2.45) is 0 Å². The zero-order valence-electron chi connectivity index (χ0n) is 5.57. The number of benzene rings is 1. The average Bonchev–Trinajstić information content (AvgIpc) is 1.88. The lowest BCUT2D eigenvalue weighted by molar-refractivity contribution is -0.384. The van der Waals surface area contributed by atoms with E-state index in [4.69, 9.17) is 1.37 Å². The van der Waals surface area contributed by atoms with E-state index in [0.29, 0.717) is 0 Å². The van der Waals surface area contributed by atoms with Crippen molar-refractivity contribution in [2.75, 3.05) is 0 Å². The molecule has 9 heavy (non-hydrogen) atoms. The standard InChI is InChI=1S/C6H5NO2/c8-7(9)6-4-2-1-3-5-6/h1-5H/i4D. The SMILES string of the molecule is [2H]c1ccccc1[N+](=O)[O-]. The summed E-state index contributed by atoms with van der Waals surface area (Å²) in [6, 6.07) is 5.78. The van der Waals surface area contributed by atoms with Gasteiger partial charge in [-0.25, -0.2) is 0 Å². The molecule has 0 spiro atoms. The zero-order chi connectivity index (χ0) is 7.56. The fraction of sp³-hybridized carbons (Fsp3) is 0. The molecule has 0 saturated heterocycles. The second-order valence-corrected chi connectivity index (χ2v) is 1.50. The van der Waals surface area contributed by atoms with E-state index in [1.165, 1.54) is 18.2 Å². The molecule has 1 rings (SSSR count). The molecule has 1 aromatic rings. The van der Waals surface area contributed by atoms with Crippen LogP contribution in [0.5, 0.6) is 0 Å². The van der Waals surface area contributed by atoms with Gasteiger partial charge in [-0.05, 0) is 0 Å². The van der Waals surface area contributed by atoms with Crippen molar-refractivity contribution >= 4 is 5.69 Å². The van der Waals surface area contributed by atoms with Crippen molar-refractivity contribution in [3.8, 4) is 0 Å². The van der Waals surface area contributed by atoms with E-state index >= 15 is 0 Å². The lowest BCUT2D eigenvalue weighted by Gasteiger charge is -1.85. The molecule has 0 atom stereocenters. The molecule has 3 heteroatoms. The molecule has 0 fully saturated rings. The van der Waals surface area contributed by atoms with E-state index < -0.39 is 4.92 Å². The van der Waals surface area contributed by atoms with Crippen LogP contribution in [-0.4, -0.2) is 4.92 Å². The summed E-state index contributed by atoms with van der Waals surface area (Å²) >= 11 is 0. The molecule has 0 aromatic heterocycles. The molecule has 0 radical (unpaired) electrons. The smallest absolute Gasteiger partial charge is 0.258 e. The minimum Gasteiger partial charge on any atom is -0.258 e. The topological polar surface area (TPSA) is 43.1 Å². The fourth-order valence-corrected chi connectivity index (χ4v) is 0.497. The highest BCUT2D eigenvalue weighted by molar-refractivity contribution is 5.27. The van der Waals surface area contributed by atoms with Gasteiger partial charge in [-0.15, -0.1) is 0 Å². The molecular formula is C6H5NO2. The van der Waals surface area contributed by atoms with Crippen LogP contribution in [0.1, 0.15) is 1.37 Å². The highest BCUT2D eigenvalue weighted by Gasteiger charge is 1.98. The number of nitrogens with zero attached hydrogens (tertiary/aromatic N) is 1. The summed E-state index contributed by atoms with van der Waals surface area (Å²) < 4.78 is 7.06. The molecule has 0 aliphatic carbocycles. The summed E-state index contributed by atoms with van der Waals surface area (Å²) in [5, 5.41) is 10.1. The lowest BCUT2D eigenvalue weighted by atomic mass is 10.3. The van der Waals surface area contributed by atoms with Crippen LogP contribution >= 0.6 is 0 Å². The van der Waals surface area contributed by atoms with Gasteiger partial charge >= 0.3 is 0 Å². The Balaban J connectivity index is 3.15. The summed E-state index contributed by atoms with van der Waals surface area (Å²) in [5.74, 6) is 0. The predicted molar refractivity (Wildman–Crippen MR) is 33.1 cm³/mol. The van der Waals surface area contributed by atoms with Crippen LogP contribution in [0.4, 0.5) is 5.69 Å². The maximum atomic E-state index is 10.1. The van der Waals surface area contributed by atoms with Crippen molar-refractivity contribution in [2.45, 2.75) is 0 Å². The van der Waals surface area contributed by atoms with Crippen LogP contribution in [0.3, 0.4) is 0 Å². The van der Waals surface area contributed by atoms with Crippen molar-refractivity contribution < 1.29 is 6.29 Å². The summed E-state index contributed by atoms with van der Waals surface area (Å²) in [6.07, 6.45) is 0. The molecule has 46 valence electrons. The predicted octanol–water partition coefficient (Wildman–Crippen LogP) is 1.59. The first-order valence-corrected chi connectivity index (χ1v) is 2.42. The van der Waals surface area contributed by atoms with Crippen molar-refractivity contribution in [3.63, 3.8) is 0 Å². The third-order valence-corrected chi connectivity index (χ3v) is 0.889. The van der Waals surface area contributed by atoms with Gasteiger partial charge in [-0.1, -0.05) is 18.2 Å². The van der Waals surface area contributed by atoms with Crippen LogP contribution in [0.25, 0.3) is 0 Å². The van der Waals surface area contributed by atoms with Gasteiger partial charge in [0.25, 0.3) is 5.69 Å². The Labute approximate surface area is 53.5 Å². The molecule has 0 saturated carbocycles. The van der Waals surface area contributed by atoms with Gasteiger partial charge in [0.1, 0.15) is 0 Å². The first kappa shape index (κ1) is 4.49. The van der Waals surface area contributed by atoms with Crippen LogP contribution in [0.15, 0.2) is 30.3 Å². The first-order chi connectivity index (χ1) is 4.72. The molecule has 1 aromatic carbocycles. The maximum Gasteiger partial charge on any atom is 0.269 e. The number of nitro groups is 1. The van der Waals surface area contributed by atoms with Crippen LogP contribution < -0.4 is 0 Å². The minimum atomic E-state index is -0.567. The Morgan fingerprint density at radius 3 is 2.78 bits per heavy atom. The van der Waals surface area contributed by atoms with Crippen molar-refractivity contribution in [1.82, 2.24) is 0 Å². The third-order valence-electron chi connectivity index (χ3n) is 0.889. The zero-order valence-corrected chi connectivity index (χ0v) is 4.57. The van der Waals surface area contributed by atoms with Gasteiger partial charge < -0.3 is 0 Å². The Morgan fingerprint density at radius 1 is 1.56 bits per heavy atom. The summed E-state index contributed by atoms with van der Waals surface area (Å²) in [4.78, 5) is 9.54. The van der Waals surface area contributed by atoms with E-state index in [9.17, 15) is 10.1 Å². The summed E-state index contributed by atoms with van der Waals surface area (Å²) in [6.45, 7) is 0. The first-order valence-electron chi connectivity index (χ1n) is 2.92. The van der Waals surface area contributed by atoms with E-state index in [1.807, 2.05) is 0 Å². The highest BCUT2D eigenvalue weighted by atomic mass is 16.6. The molecule has 0 N–H and O–H groups in total. The van der Waals surface area contributed by atoms with Gasteiger partial charge in [-0.3, -0.25) is 10.1 Å². The summed E-state index contributed by atoms with van der Waals surface area (Å²) in [7, 11) is 0. The maximum absolute atomic E-state index is 10.1. The van der Waals surface area contributed by atoms with Crippen LogP contribution in [-0.2, 0) is 0 Å². The normalized spacial score (nSPS) is 10.4. The quantitative estimate of drug-likeness (QED) is 0.421. The number of nitro benzene ring substituents is 1. The molecule has 0 unspecified atom stereocenters. The van der Waals surface area contributed by atoms with Gasteiger partial charge in [0.15, 0.2) is 0 Å². The molecule has 0 amide bonds. The van der Waals surface area contributed by atoms with Gasteiger partial charge in [-0.2, -0.15) is 0 Å². The van der Waals surface area contributed by atoms with Crippen LogP contribution in [0.2, 0.25) is 0 Å². The van der Waals surface area contributed by atoms with Crippen molar-refractivity contribution in [3.05, 3.63) is 40.4 Å². The molecular weight excluding hydrogens is 118 g/mol. The number of hydrogen-bond donors (Lipinski definition) is 0. The summed E-state index contributed by atoms with van der Waals surface area (Å²) in [5.41, 5.74) is -0.150. The Hall–Kier alpha value is -1.38. The van der Waals surface area contributed by atoms with E-state index in [2.05, 4.69) is 0 Å². The Bertz CT molecular complexity index is 262. The second kappa shape index (κ2) is 2.26. The van der Waals surface area contributed by atoms with E-state index in [1.54, 1.807) is 6.07 Å².